The number of rotatable bonds is 5. The second-order valence-corrected chi connectivity index (χ2v) is 5.70. The van der Waals surface area contributed by atoms with Crippen molar-refractivity contribution in [1.82, 2.24) is 4.98 Å². The van der Waals surface area contributed by atoms with E-state index in [0.29, 0.717) is 11.6 Å². The van der Waals surface area contributed by atoms with Crippen molar-refractivity contribution in [2.45, 2.75) is 19.3 Å². The lowest BCUT2D eigenvalue weighted by atomic mass is 9.78. The van der Waals surface area contributed by atoms with Crippen LogP contribution in [0.25, 0.3) is 0 Å². The topological polar surface area (TPSA) is 45.6 Å². The van der Waals surface area contributed by atoms with E-state index in [1.54, 1.807) is 13.3 Å². The van der Waals surface area contributed by atoms with Crippen LogP contribution in [-0.2, 0) is 4.74 Å². The Kier molecular flexibility index (Phi) is 5.02. The molecule has 1 aliphatic heterocycles. The minimum atomic E-state index is -0.0738. The number of aromatic nitrogens is 1. The maximum Gasteiger partial charge on any atom is 0.128 e. The summed E-state index contributed by atoms with van der Waals surface area (Å²) in [7, 11) is 1.70. The molecule has 0 radical (unpaired) electrons. The zero-order valence-corrected chi connectivity index (χ0v) is 12.1. The summed E-state index contributed by atoms with van der Waals surface area (Å²) < 4.78 is 5.17. The molecule has 1 aliphatic rings. The highest BCUT2D eigenvalue weighted by atomic mass is 35.5. The number of ether oxygens (including phenoxy) is 1. The Labute approximate surface area is 119 Å². The van der Waals surface area contributed by atoms with Gasteiger partial charge in [0.05, 0.1) is 11.6 Å². The van der Waals surface area contributed by atoms with Crippen molar-refractivity contribution >= 4 is 17.4 Å². The monoisotopic (exact) mass is 284 g/mol. The molecule has 0 aromatic carbocycles. The number of halogens is 1. The van der Waals surface area contributed by atoms with Crippen LogP contribution in [0.4, 0.5) is 5.82 Å². The molecule has 1 saturated heterocycles. The summed E-state index contributed by atoms with van der Waals surface area (Å²) in [5.74, 6) is 0.930. The highest BCUT2D eigenvalue weighted by Crippen LogP contribution is 2.34. The quantitative estimate of drug-likeness (QED) is 0.902. The lowest BCUT2D eigenvalue weighted by molar-refractivity contribution is 0.0624. The van der Waals surface area contributed by atoms with Crippen LogP contribution in [0.3, 0.4) is 0 Å². The number of anilines is 1. The average molecular weight is 285 g/mol. The number of nitrogens with zero attached hydrogens (tertiary/aromatic N) is 2. The van der Waals surface area contributed by atoms with Crippen LogP contribution < -0.4 is 4.90 Å². The number of aliphatic hydroxyl groups excluding tert-OH is 1. The normalized spacial score (nSPS) is 23.6. The van der Waals surface area contributed by atoms with Crippen LogP contribution in [-0.4, -0.2) is 43.5 Å². The van der Waals surface area contributed by atoms with Crippen molar-refractivity contribution in [1.29, 1.82) is 0 Å². The number of aliphatic hydroxyl groups is 1. The van der Waals surface area contributed by atoms with Gasteiger partial charge in [0.15, 0.2) is 0 Å². The number of piperidine rings is 1. The first kappa shape index (κ1) is 14.6. The molecule has 0 saturated carbocycles. The highest BCUT2D eigenvalue weighted by molar-refractivity contribution is 6.30. The Bertz CT molecular complexity index is 399. The van der Waals surface area contributed by atoms with Crippen molar-refractivity contribution in [2.24, 2.45) is 5.41 Å². The Morgan fingerprint density at radius 1 is 1.53 bits per heavy atom. The van der Waals surface area contributed by atoms with Crippen LogP contribution in [0, 0.1) is 5.41 Å². The average Bonchev–Trinajstić information content (AvgIpc) is 2.46. The predicted octanol–water partition coefficient (Wildman–Crippen LogP) is 2.35. The molecule has 1 fully saturated rings. The molecular weight excluding hydrogens is 264 g/mol. The zero-order valence-electron chi connectivity index (χ0n) is 11.3. The van der Waals surface area contributed by atoms with Crippen LogP contribution in [0.5, 0.6) is 0 Å². The van der Waals surface area contributed by atoms with Gasteiger partial charge in [-0.25, -0.2) is 4.98 Å². The fraction of sp³-hybridized carbons (Fsp3) is 0.643. The molecule has 0 aliphatic carbocycles. The van der Waals surface area contributed by atoms with Gasteiger partial charge in [0.1, 0.15) is 5.82 Å². The van der Waals surface area contributed by atoms with Crippen molar-refractivity contribution in [3.8, 4) is 0 Å². The van der Waals surface area contributed by atoms with E-state index in [2.05, 4.69) is 9.88 Å². The molecule has 1 atom stereocenters. The van der Waals surface area contributed by atoms with E-state index in [0.717, 1.165) is 38.2 Å². The first-order valence-corrected chi connectivity index (χ1v) is 7.03. The number of pyridine rings is 1. The van der Waals surface area contributed by atoms with Gasteiger partial charge in [-0.2, -0.15) is 0 Å². The molecule has 4 nitrogen and oxygen atoms in total. The standard InChI is InChI=1S/C14H21ClN2O2/c1-19-8-6-14(11-18)5-2-7-17(10-14)13-4-3-12(15)9-16-13/h3-4,9,18H,2,5-8,10-11H2,1H3. The summed E-state index contributed by atoms with van der Waals surface area (Å²) >= 11 is 5.86. The molecular formula is C14H21ClN2O2. The van der Waals surface area contributed by atoms with E-state index >= 15 is 0 Å². The van der Waals surface area contributed by atoms with Gasteiger partial charge in [-0.3, -0.25) is 0 Å². The summed E-state index contributed by atoms with van der Waals surface area (Å²) in [5, 5.41) is 10.4. The van der Waals surface area contributed by atoms with Crippen molar-refractivity contribution < 1.29 is 9.84 Å². The lowest BCUT2D eigenvalue weighted by Gasteiger charge is -2.42. The fourth-order valence-corrected chi connectivity index (χ4v) is 2.80. The second kappa shape index (κ2) is 6.55. The summed E-state index contributed by atoms with van der Waals surface area (Å²) in [4.78, 5) is 6.59. The van der Waals surface area contributed by atoms with E-state index in [4.69, 9.17) is 16.3 Å². The third-order valence-electron chi connectivity index (χ3n) is 3.87. The summed E-state index contributed by atoms with van der Waals surface area (Å²) in [6, 6.07) is 3.79. The Morgan fingerprint density at radius 3 is 3.00 bits per heavy atom. The summed E-state index contributed by atoms with van der Waals surface area (Å²) in [5.41, 5.74) is -0.0738. The Morgan fingerprint density at radius 2 is 2.37 bits per heavy atom. The van der Waals surface area contributed by atoms with E-state index in [1.807, 2.05) is 12.1 Å². The fourth-order valence-electron chi connectivity index (χ4n) is 2.69. The molecule has 1 unspecified atom stereocenters. The summed E-state index contributed by atoms with van der Waals surface area (Å²) in [6.07, 6.45) is 4.65. The van der Waals surface area contributed by atoms with Crippen molar-refractivity contribution in [2.75, 3.05) is 38.3 Å². The Balaban J connectivity index is 2.08. The van der Waals surface area contributed by atoms with E-state index in [1.165, 1.54) is 0 Å². The first-order chi connectivity index (χ1) is 9.19. The third-order valence-corrected chi connectivity index (χ3v) is 4.09. The highest BCUT2D eigenvalue weighted by Gasteiger charge is 2.35. The summed E-state index contributed by atoms with van der Waals surface area (Å²) in [6.45, 7) is 2.67. The maximum atomic E-state index is 9.75. The molecule has 5 heteroatoms. The van der Waals surface area contributed by atoms with Gasteiger partial charge < -0.3 is 14.7 Å². The smallest absolute Gasteiger partial charge is 0.128 e. The van der Waals surface area contributed by atoms with Gasteiger partial charge in [0.25, 0.3) is 0 Å². The van der Waals surface area contributed by atoms with E-state index in [-0.39, 0.29) is 12.0 Å². The van der Waals surface area contributed by atoms with Crippen molar-refractivity contribution in [3.63, 3.8) is 0 Å². The number of hydrogen-bond donors (Lipinski definition) is 1. The predicted molar refractivity (Wildman–Crippen MR) is 76.7 cm³/mol. The van der Waals surface area contributed by atoms with Crippen LogP contribution >= 0.6 is 11.6 Å². The molecule has 1 aromatic rings. The molecule has 1 N–H and O–H groups in total. The molecule has 0 bridgehead atoms. The molecule has 19 heavy (non-hydrogen) atoms. The molecule has 2 rings (SSSR count). The SMILES string of the molecule is COCCC1(CO)CCCN(c2ccc(Cl)cn2)C1. The van der Waals surface area contributed by atoms with Gasteiger partial charge in [-0.15, -0.1) is 0 Å². The maximum absolute atomic E-state index is 9.75. The third kappa shape index (κ3) is 3.59. The van der Waals surface area contributed by atoms with Crippen LogP contribution in [0.15, 0.2) is 18.3 Å². The van der Waals surface area contributed by atoms with E-state index in [9.17, 15) is 5.11 Å². The Hall–Kier alpha value is -0.840. The lowest BCUT2D eigenvalue weighted by Crippen LogP contribution is -2.46. The van der Waals surface area contributed by atoms with Crippen LogP contribution in [0.1, 0.15) is 19.3 Å². The molecule has 0 amide bonds. The van der Waals surface area contributed by atoms with Gasteiger partial charge in [-0.1, -0.05) is 11.6 Å². The zero-order chi connectivity index (χ0) is 13.7. The van der Waals surface area contributed by atoms with Gasteiger partial charge in [0.2, 0.25) is 0 Å². The molecule has 0 spiro atoms. The van der Waals surface area contributed by atoms with Gasteiger partial charge in [-0.05, 0) is 31.4 Å². The molecule has 1 aromatic heterocycles. The minimum absolute atomic E-state index is 0.0738. The molecule has 106 valence electrons. The molecule has 2 heterocycles. The minimum Gasteiger partial charge on any atom is -0.396 e. The van der Waals surface area contributed by atoms with Gasteiger partial charge in [0, 0.05) is 38.4 Å². The van der Waals surface area contributed by atoms with Gasteiger partial charge >= 0.3 is 0 Å². The number of hydrogen-bond acceptors (Lipinski definition) is 4. The first-order valence-electron chi connectivity index (χ1n) is 6.65. The van der Waals surface area contributed by atoms with Crippen molar-refractivity contribution in [3.05, 3.63) is 23.4 Å². The largest absolute Gasteiger partial charge is 0.396 e. The van der Waals surface area contributed by atoms with E-state index < -0.39 is 0 Å². The van der Waals surface area contributed by atoms with Crippen LogP contribution in [0.2, 0.25) is 5.02 Å². The number of methoxy groups -OCH3 is 1. The second-order valence-electron chi connectivity index (χ2n) is 5.26.